The average molecular weight is 306 g/mol. The number of ether oxygens (including phenoxy) is 1. The van der Waals surface area contributed by atoms with Crippen LogP contribution in [-0.2, 0) is 4.74 Å². The molecule has 0 aromatic carbocycles. The van der Waals surface area contributed by atoms with Gasteiger partial charge in [0.05, 0.1) is 5.60 Å². The van der Waals surface area contributed by atoms with Crippen LogP contribution in [-0.4, -0.2) is 35.7 Å². The molecule has 2 saturated heterocycles. The van der Waals surface area contributed by atoms with Gasteiger partial charge in [0, 0.05) is 25.0 Å². The minimum Gasteiger partial charge on any atom is -0.375 e. The number of pyridine rings is 1. The van der Waals surface area contributed by atoms with Crippen molar-refractivity contribution in [3.05, 3.63) is 29.6 Å². The van der Waals surface area contributed by atoms with Gasteiger partial charge in [0.1, 0.15) is 0 Å². The molecule has 0 radical (unpaired) electrons. The molecule has 2 aliphatic heterocycles. The van der Waals surface area contributed by atoms with E-state index in [-0.39, 0.29) is 5.60 Å². The highest BCUT2D eigenvalue weighted by Gasteiger charge is 2.41. The first-order valence-electron chi connectivity index (χ1n) is 8.03. The van der Waals surface area contributed by atoms with Crippen LogP contribution in [0.15, 0.2) is 18.5 Å². The van der Waals surface area contributed by atoms with Gasteiger partial charge >= 0.3 is 0 Å². The SMILES string of the molecule is CNC(c1cncc(C)c1)C1CCOC2(CCSCC2)C1. The number of nitrogens with zero attached hydrogens (tertiary/aromatic N) is 1. The van der Waals surface area contributed by atoms with E-state index in [1.165, 1.54) is 41.9 Å². The molecule has 4 heteroatoms. The smallest absolute Gasteiger partial charge is 0.0701 e. The average Bonchev–Trinajstić information content (AvgIpc) is 2.49. The summed E-state index contributed by atoms with van der Waals surface area (Å²) in [5, 5.41) is 3.54. The molecule has 1 aromatic rings. The van der Waals surface area contributed by atoms with Gasteiger partial charge in [-0.05, 0) is 68.2 Å². The number of hydrogen-bond acceptors (Lipinski definition) is 4. The molecular formula is C17H26N2OS. The van der Waals surface area contributed by atoms with E-state index in [2.05, 4.69) is 42.1 Å². The predicted molar refractivity (Wildman–Crippen MR) is 88.7 cm³/mol. The summed E-state index contributed by atoms with van der Waals surface area (Å²) in [5.74, 6) is 3.15. The normalized spacial score (nSPS) is 26.7. The van der Waals surface area contributed by atoms with E-state index < -0.39 is 0 Å². The molecule has 2 atom stereocenters. The van der Waals surface area contributed by atoms with Gasteiger partial charge < -0.3 is 10.1 Å². The van der Waals surface area contributed by atoms with Gasteiger partial charge in [0.25, 0.3) is 0 Å². The fourth-order valence-corrected chi connectivity index (χ4v) is 5.10. The number of rotatable bonds is 3. The Hall–Kier alpha value is -0.580. The maximum Gasteiger partial charge on any atom is 0.0701 e. The van der Waals surface area contributed by atoms with E-state index in [0.717, 1.165) is 13.0 Å². The number of thioether (sulfide) groups is 1. The largest absolute Gasteiger partial charge is 0.375 e. The number of aryl methyl sites for hydroxylation is 1. The van der Waals surface area contributed by atoms with Crippen LogP contribution in [0.4, 0.5) is 0 Å². The Labute approximate surface area is 132 Å². The lowest BCUT2D eigenvalue weighted by Gasteiger charge is -2.45. The minimum absolute atomic E-state index is 0.153. The Bertz CT molecular complexity index is 468. The third-order valence-electron chi connectivity index (χ3n) is 4.97. The molecule has 0 amide bonds. The highest BCUT2D eigenvalue weighted by molar-refractivity contribution is 7.99. The summed E-state index contributed by atoms with van der Waals surface area (Å²) >= 11 is 2.07. The second kappa shape index (κ2) is 6.67. The van der Waals surface area contributed by atoms with Crippen molar-refractivity contribution < 1.29 is 4.74 Å². The third kappa shape index (κ3) is 3.43. The Morgan fingerprint density at radius 2 is 2.19 bits per heavy atom. The predicted octanol–water partition coefficient (Wildman–Crippen LogP) is 3.34. The van der Waals surface area contributed by atoms with E-state index in [4.69, 9.17) is 4.74 Å². The first-order chi connectivity index (χ1) is 10.2. The molecule has 3 rings (SSSR count). The zero-order valence-corrected chi connectivity index (χ0v) is 13.9. The maximum atomic E-state index is 6.23. The second-order valence-electron chi connectivity index (χ2n) is 6.46. The molecule has 1 N–H and O–H groups in total. The highest BCUT2D eigenvalue weighted by Crippen LogP contribution is 2.43. The van der Waals surface area contributed by atoms with Gasteiger partial charge in [0.2, 0.25) is 0 Å². The van der Waals surface area contributed by atoms with Crippen LogP contribution >= 0.6 is 11.8 Å². The van der Waals surface area contributed by atoms with Crippen LogP contribution in [0, 0.1) is 12.8 Å². The first-order valence-corrected chi connectivity index (χ1v) is 9.18. The van der Waals surface area contributed by atoms with Gasteiger partial charge in [-0.1, -0.05) is 6.07 Å². The zero-order valence-electron chi connectivity index (χ0n) is 13.1. The monoisotopic (exact) mass is 306 g/mol. The summed E-state index contributed by atoms with van der Waals surface area (Å²) < 4.78 is 6.23. The Balaban J connectivity index is 1.77. The molecule has 1 aromatic heterocycles. The van der Waals surface area contributed by atoms with Crippen molar-refractivity contribution in [1.82, 2.24) is 10.3 Å². The van der Waals surface area contributed by atoms with Crippen molar-refractivity contribution in [2.24, 2.45) is 5.92 Å². The van der Waals surface area contributed by atoms with E-state index in [0.29, 0.717) is 12.0 Å². The first kappa shape index (κ1) is 15.3. The van der Waals surface area contributed by atoms with Crippen LogP contribution < -0.4 is 5.32 Å². The van der Waals surface area contributed by atoms with Gasteiger partial charge in [0.15, 0.2) is 0 Å². The topological polar surface area (TPSA) is 34.2 Å². The maximum absolute atomic E-state index is 6.23. The molecule has 0 saturated carbocycles. The van der Waals surface area contributed by atoms with Crippen molar-refractivity contribution in [3.8, 4) is 0 Å². The fraction of sp³-hybridized carbons (Fsp3) is 0.706. The van der Waals surface area contributed by atoms with Crippen LogP contribution in [0.2, 0.25) is 0 Å². The quantitative estimate of drug-likeness (QED) is 0.929. The number of hydrogen-bond donors (Lipinski definition) is 1. The summed E-state index contributed by atoms with van der Waals surface area (Å²) in [4.78, 5) is 4.38. The lowest BCUT2D eigenvalue weighted by molar-refractivity contribution is -0.107. The van der Waals surface area contributed by atoms with Crippen LogP contribution in [0.25, 0.3) is 0 Å². The second-order valence-corrected chi connectivity index (χ2v) is 7.68. The van der Waals surface area contributed by atoms with E-state index in [1.54, 1.807) is 0 Å². The summed E-state index contributed by atoms with van der Waals surface area (Å²) in [6, 6.07) is 2.67. The fourth-order valence-electron chi connectivity index (χ4n) is 3.86. The van der Waals surface area contributed by atoms with Gasteiger partial charge in [-0.15, -0.1) is 0 Å². The number of aromatic nitrogens is 1. The van der Waals surface area contributed by atoms with Crippen molar-refractivity contribution in [3.63, 3.8) is 0 Å². The molecule has 2 aliphatic rings. The molecule has 2 unspecified atom stereocenters. The summed E-state index contributed by atoms with van der Waals surface area (Å²) in [6.45, 7) is 3.03. The molecule has 3 heterocycles. The van der Waals surface area contributed by atoms with E-state index in [9.17, 15) is 0 Å². The standard InChI is InChI=1S/C17H26N2OS/c1-13-9-15(12-19-11-13)16(18-2)14-3-6-20-17(10-14)4-7-21-8-5-17/h9,11-12,14,16,18H,3-8,10H2,1-2H3. The van der Waals surface area contributed by atoms with Crippen molar-refractivity contribution in [2.75, 3.05) is 25.2 Å². The Kier molecular flexibility index (Phi) is 4.87. The number of nitrogens with one attached hydrogen (secondary N) is 1. The van der Waals surface area contributed by atoms with Crippen LogP contribution in [0.3, 0.4) is 0 Å². The van der Waals surface area contributed by atoms with Crippen molar-refractivity contribution in [2.45, 2.75) is 44.2 Å². The summed E-state index contributed by atoms with van der Waals surface area (Å²) in [5.41, 5.74) is 2.72. The summed E-state index contributed by atoms with van der Waals surface area (Å²) in [6.07, 6.45) is 8.72. The zero-order chi connectivity index (χ0) is 14.7. The molecule has 2 fully saturated rings. The highest BCUT2D eigenvalue weighted by atomic mass is 32.2. The van der Waals surface area contributed by atoms with Crippen molar-refractivity contribution in [1.29, 1.82) is 0 Å². The minimum atomic E-state index is 0.153. The van der Waals surface area contributed by atoms with E-state index in [1.807, 2.05) is 12.4 Å². The van der Waals surface area contributed by atoms with Gasteiger partial charge in [-0.3, -0.25) is 4.98 Å². The van der Waals surface area contributed by atoms with Crippen molar-refractivity contribution >= 4 is 11.8 Å². The molecule has 0 bridgehead atoms. The van der Waals surface area contributed by atoms with Gasteiger partial charge in [-0.25, -0.2) is 0 Å². The Morgan fingerprint density at radius 1 is 1.38 bits per heavy atom. The molecular weight excluding hydrogens is 280 g/mol. The van der Waals surface area contributed by atoms with Gasteiger partial charge in [-0.2, -0.15) is 11.8 Å². The lowest BCUT2D eigenvalue weighted by atomic mass is 9.77. The molecule has 0 aliphatic carbocycles. The third-order valence-corrected chi connectivity index (χ3v) is 5.96. The van der Waals surface area contributed by atoms with Crippen LogP contribution in [0.1, 0.15) is 42.9 Å². The molecule has 3 nitrogen and oxygen atoms in total. The lowest BCUT2D eigenvalue weighted by Crippen LogP contribution is -2.45. The van der Waals surface area contributed by atoms with Crippen LogP contribution in [0.5, 0.6) is 0 Å². The molecule has 1 spiro atoms. The molecule has 116 valence electrons. The Morgan fingerprint density at radius 3 is 2.90 bits per heavy atom. The summed E-state index contributed by atoms with van der Waals surface area (Å²) in [7, 11) is 2.08. The van der Waals surface area contributed by atoms with E-state index >= 15 is 0 Å². The molecule has 21 heavy (non-hydrogen) atoms.